The fourth-order valence-electron chi connectivity index (χ4n) is 3.83. The summed E-state index contributed by atoms with van der Waals surface area (Å²) in [4.78, 5) is 2.74. The number of nitrogens with two attached hydrogens (primary N) is 1. The average Bonchev–Trinajstić information content (AvgIpc) is 3.02. The van der Waals surface area contributed by atoms with E-state index in [0.717, 1.165) is 6.54 Å². The van der Waals surface area contributed by atoms with Gasteiger partial charge in [0.05, 0.1) is 0 Å². The lowest BCUT2D eigenvalue weighted by molar-refractivity contribution is 0.103. The van der Waals surface area contributed by atoms with Gasteiger partial charge in [-0.25, -0.2) is 0 Å². The number of hydrogen-bond acceptors (Lipinski definition) is 2. The van der Waals surface area contributed by atoms with E-state index in [1.165, 1.54) is 57.9 Å². The third kappa shape index (κ3) is 2.75. The summed E-state index contributed by atoms with van der Waals surface area (Å²) in [5, 5.41) is 0. The van der Waals surface area contributed by atoms with Gasteiger partial charge < -0.3 is 5.73 Å². The third-order valence-electron chi connectivity index (χ3n) is 5.47. The Balaban J connectivity index is 1.96. The highest BCUT2D eigenvalue weighted by molar-refractivity contribution is 5.11. The van der Waals surface area contributed by atoms with Crippen LogP contribution in [0.3, 0.4) is 0 Å². The molecule has 0 radical (unpaired) electrons. The van der Waals surface area contributed by atoms with Gasteiger partial charge in [-0.2, -0.15) is 0 Å². The fraction of sp³-hybridized carbons (Fsp3) is 1.00. The van der Waals surface area contributed by atoms with E-state index in [-0.39, 0.29) is 0 Å². The molecule has 1 saturated heterocycles. The van der Waals surface area contributed by atoms with Gasteiger partial charge in [0.2, 0.25) is 0 Å². The molecule has 2 rings (SSSR count). The van der Waals surface area contributed by atoms with E-state index in [4.69, 9.17) is 5.73 Å². The molecule has 2 heteroatoms. The number of unbranched alkanes of at least 4 members (excludes halogenated alkanes) is 2. The van der Waals surface area contributed by atoms with E-state index in [9.17, 15) is 0 Å². The molecule has 1 saturated carbocycles. The van der Waals surface area contributed by atoms with E-state index >= 15 is 0 Å². The molecule has 2 nitrogen and oxygen atoms in total. The van der Waals surface area contributed by atoms with Crippen LogP contribution in [0.2, 0.25) is 0 Å². The van der Waals surface area contributed by atoms with Gasteiger partial charge in [-0.3, -0.25) is 4.90 Å². The van der Waals surface area contributed by atoms with Crippen molar-refractivity contribution in [2.24, 2.45) is 11.1 Å². The summed E-state index contributed by atoms with van der Waals surface area (Å²) < 4.78 is 0. The van der Waals surface area contributed by atoms with E-state index in [1.54, 1.807) is 0 Å². The number of likely N-dealkylation sites (tertiary alicyclic amines) is 1. The van der Waals surface area contributed by atoms with Crippen molar-refractivity contribution < 1.29 is 0 Å². The quantitative estimate of drug-likeness (QED) is 0.702. The Morgan fingerprint density at radius 1 is 1.17 bits per heavy atom. The van der Waals surface area contributed by atoms with Crippen molar-refractivity contribution in [3.8, 4) is 0 Å². The number of hydrogen-bond donors (Lipinski definition) is 1. The molecule has 0 amide bonds. The summed E-state index contributed by atoms with van der Waals surface area (Å²) in [6.07, 6.45) is 10.8. The first kappa shape index (κ1) is 14.3. The minimum Gasteiger partial charge on any atom is -0.326 e. The summed E-state index contributed by atoms with van der Waals surface area (Å²) in [6.45, 7) is 9.52. The van der Waals surface area contributed by atoms with E-state index in [1.807, 2.05) is 0 Å². The molecule has 1 heterocycles. The zero-order chi connectivity index (χ0) is 13.2. The van der Waals surface area contributed by atoms with Crippen LogP contribution >= 0.6 is 0 Å². The molecule has 2 aliphatic rings. The van der Waals surface area contributed by atoms with Crippen LogP contribution in [0.15, 0.2) is 0 Å². The minimum atomic E-state index is 0.410. The molecular formula is C16H32N2. The molecule has 2 atom stereocenters. The molecule has 1 aliphatic heterocycles. The molecule has 1 spiro atoms. The Morgan fingerprint density at radius 2 is 1.89 bits per heavy atom. The summed E-state index contributed by atoms with van der Waals surface area (Å²) in [5.41, 5.74) is 7.31. The van der Waals surface area contributed by atoms with Crippen LogP contribution in [0.1, 0.15) is 72.1 Å². The van der Waals surface area contributed by atoms with Gasteiger partial charge in [-0.15, -0.1) is 0 Å². The highest BCUT2D eigenvalue weighted by Crippen LogP contribution is 2.53. The SMILES string of the molecule is CCCCCC(C)(CCC)N1CC(N)C2(CC2)C1. The second kappa shape index (κ2) is 5.50. The molecule has 0 aromatic heterocycles. The van der Waals surface area contributed by atoms with Crippen molar-refractivity contribution in [1.29, 1.82) is 0 Å². The van der Waals surface area contributed by atoms with Crippen molar-refractivity contribution >= 4 is 0 Å². The topological polar surface area (TPSA) is 29.3 Å². The van der Waals surface area contributed by atoms with Crippen LogP contribution in [0, 0.1) is 5.41 Å². The maximum atomic E-state index is 6.37. The molecule has 1 aliphatic carbocycles. The average molecular weight is 252 g/mol. The van der Waals surface area contributed by atoms with Crippen molar-refractivity contribution in [3.05, 3.63) is 0 Å². The van der Waals surface area contributed by atoms with Crippen LogP contribution < -0.4 is 5.73 Å². The molecule has 2 N–H and O–H groups in total. The predicted octanol–water partition coefficient (Wildman–Crippen LogP) is 3.55. The second-order valence-electron chi connectivity index (χ2n) is 7.05. The molecule has 2 fully saturated rings. The van der Waals surface area contributed by atoms with Crippen LogP contribution in [-0.4, -0.2) is 29.6 Å². The standard InChI is InChI=1S/C16H32N2/c1-4-6-7-9-15(3,8-5-2)18-12-14(17)16(13-18)10-11-16/h14H,4-13,17H2,1-3H3. The van der Waals surface area contributed by atoms with E-state index in [2.05, 4.69) is 25.7 Å². The van der Waals surface area contributed by atoms with Crippen molar-refractivity contribution in [3.63, 3.8) is 0 Å². The highest BCUT2D eigenvalue weighted by atomic mass is 15.3. The largest absolute Gasteiger partial charge is 0.326 e. The lowest BCUT2D eigenvalue weighted by Gasteiger charge is -2.39. The molecule has 2 unspecified atom stereocenters. The third-order valence-corrected chi connectivity index (χ3v) is 5.47. The van der Waals surface area contributed by atoms with E-state index < -0.39 is 0 Å². The first-order valence-electron chi connectivity index (χ1n) is 8.07. The first-order valence-corrected chi connectivity index (χ1v) is 8.07. The summed E-state index contributed by atoms with van der Waals surface area (Å²) in [5.74, 6) is 0. The zero-order valence-electron chi connectivity index (χ0n) is 12.7. The molecule has 0 bridgehead atoms. The van der Waals surface area contributed by atoms with Gasteiger partial charge in [-0.1, -0.05) is 39.5 Å². The lowest BCUT2D eigenvalue weighted by Crippen LogP contribution is -2.46. The molecular weight excluding hydrogens is 220 g/mol. The van der Waals surface area contributed by atoms with Crippen LogP contribution in [0.25, 0.3) is 0 Å². The zero-order valence-corrected chi connectivity index (χ0v) is 12.7. The summed E-state index contributed by atoms with van der Waals surface area (Å²) >= 11 is 0. The lowest BCUT2D eigenvalue weighted by atomic mass is 9.88. The summed E-state index contributed by atoms with van der Waals surface area (Å²) in [7, 11) is 0. The Kier molecular flexibility index (Phi) is 4.38. The molecule has 106 valence electrons. The minimum absolute atomic E-state index is 0.410. The maximum absolute atomic E-state index is 6.37. The highest BCUT2D eigenvalue weighted by Gasteiger charge is 2.55. The number of rotatable bonds is 7. The Bertz CT molecular complexity index is 272. The van der Waals surface area contributed by atoms with Gasteiger partial charge >= 0.3 is 0 Å². The van der Waals surface area contributed by atoms with Crippen molar-refractivity contribution in [2.75, 3.05) is 13.1 Å². The predicted molar refractivity (Wildman–Crippen MR) is 78.7 cm³/mol. The molecule has 18 heavy (non-hydrogen) atoms. The van der Waals surface area contributed by atoms with Crippen LogP contribution in [0.4, 0.5) is 0 Å². The maximum Gasteiger partial charge on any atom is 0.0237 e. The summed E-state index contributed by atoms with van der Waals surface area (Å²) in [6, 6.07) is 0.444. The van der Waals surface area contributed by atoms with Crippen LogP contribution in [0.5, 0.6) is 0 Å². The van der Waals surface area contributed by atoms with E-state index in [0.29, 0.717) is 17.0 Å². The monoisotopic (exact) mass is 252 g/mol. The second-order valence-corrected chi connectivity index (χ2v) is 7.05. The van der Waals surface area contributed by atoms with Gasteiger partial charge in [0.15, 0.2) is 0 Å². The smallest absolute Gasteiger partial charge is 0.0237 e. The van der Waals surface area contributed by atoms with Crippen LogP contribution in [-0.2, 0) is 0 Å². The Morgan fingerprint density at radius 3 is 2.39 bits per heavy atom. The number of nitrogens with zero attached hydrogens (tertiary/aromatic N) is 1. The van der Waals surface area contributed by atoms with Gasteiger partial charge in [0.25, 0.3) is 0 Å². The van der Waals surface area contributed by atoms with Crippen molar-refractivity contribution in [2.45, 2.75) is 83.7 Å². The van der Waals surface area contributed by atoms with Crippen molar-refractivity contribution in [1.82, 2.24) is 4.90 Å². The normalized spacial score (nSPS) is 29.7. The van der Waals surface area contributed by atoms with Gasteiger partial charge in [-0.05, 0) is 38.0 Å². The molecule has 0 aromatic rings. The van der Waals surface area contributed by atoms with Gasteiger partial charge in [0.1, 0.15) is 0 Å². The first-order chi connectivity index (χ1) is 8.56. The fourth-order valence-corrected chi connectivity index (χ4v) is 3.83. The van der Waals surface area contributed by atoms with Gasteiger partial charge in [0, 0.05) is 24.7 Å². The Hall–Kier alpha value is -0.0800. The Labute approximate surface area is 113 Å². The molecule has 0 aromatic carbocycles.